The van der Waals surface area contributed by atoms with Crippen molar-refractivity contribution in [3.05, 3.63) is 39.7 Å². The zero-order chi connectivity index (χ0) is 15.2. The minimum Gasteiger partial charge on any atom is -0.377 e. The van der Waals surface area contributed by atoms with E-state index in [0.717, 1.165) is 39.0 Å². The first kappa shape index (κ1) is 15.9. The van der Waals surface area contributed by atoms with Crippen LogP contribution >= 0.6 is 0 Å². The standard InChI is InChI=1S/C15H21FN2O3/c1-2-9-21-13-6-4-8-17(11-13)10-12-5-3-7-14(15(12)16)18(19)20/h3,5,7,13H,2,4,6,8-11H2,1H3. The molecule has 1 aliphatic heterocycles. The molecule has 0 radical (unpaired) electrons. The van der Waals surface area contributed by atoms with Crippen molar-refractivity contribution >= 4 is 5.69 Å². The van der Waals surface area contributed by atoms with E-state index in [-0.39, 0.29) is 6.10 Å². The smallest absolute Gasteiger partial charge is 0.305 e. The van der Waals surface area contributed by atoms with Crippen molar-refractivity contribution in [3.8, 4) is 0 Å². The molecule has 2 rings (SSSR count). The second-order valence-electron chi connectivity index (χ2n) is 5.38. The van der Waals surface area contributed by atoms with E-state index in [9.17, 15) is 14.5 Å². The SMILES string of the molecule is CCCOC1CCCN(Cc2cccc([N+](=O)[O-])c2F)C1. The zero-order valence-corrected chi connectivity index (χ0v) is 12.3. The van der Waals surface area contributed by atoms with E-state index in [0.29, 0.717) is 12.1 Å². The summed E-state index contributed by atoms with van der Waals surface area (Å²) in [7, 11) is 0. The van der Waals surface area contributed by atoms with Gasteiger partial charge in [-0.25, -0.2) is 0 Å². The van der Waals surface area contributed by atoms with Gasteiger partial charge in [-0.05, 0) is 25.8 Å². The first-order chi connectivity index (χ1) is 10.1. The third-order valence-electron chi connectivity index (χ3n) is 3.67. The maximum atomic E-state index is 14.1. The van der Waals surface area contributed by atoms with Gasteiger partial charge in [-0.3, -0.25) is 15.0 Å². The minimum absolute atomic E-state index is 0.181. The summed E-state index contributed by atoms with van der Waals surface area (Å²) in [5.41, 5.74) is -0.0800. The van der Waals surface area contributed by atoms with Crippen LogP contribution in [0.2, 0.25) is 0 Å². The van der Waals surface area contributed by atoms with Gasteiger partial charge in [0, 0.05) is 31.3 Å². The molecule has 1 atom stereocenters. The molecule has 1 aromatic carbocycles. The molecule has 0 aliphatic carbocycles. The molecule has 1 heterocycles. The maximum Gasteiger partial charge on any atom is 0.305 e. The van der Waals surface area contributed by atoms with Crippen LogP contribution in [0.15, 0.2) is 18.2 Å². The zero-order valence-electron chi connectivity index (χ0n) is 12.3. The van der Waals surface area contributed by atoms with Gasteiger partial charge in [0.25, 0.3) is 0 Å². The van der Waals surface area contributed by atoms with E-state index in [4.69, 9.17) is 4.74 Å². The monoisotopic (exact) mass is 296 g/mol. The molecule has 1 saturated heterocycles. The summed E-state index contributed by atoms with van der Waals surface area (Å²) in [6.07, 6.45) is 3.19. The molecule has 0 amide bonds. The number of hydrogen-bond acceptors (Lipinski definition) is 4. The summed E-state index contributed by atoms with van der Waals surface area (Å²) in [5, 5.41) is 10.8. The third-order valence-corrected chi connectivity index (χ3v) is 3.67. The van der Waals surface area contributed by atoms with Crippen molar-refractivity contribution in [1.29, 1.82) is 0 Å². The Bertz CT molecular complexity index is 496. The molecule has 0 aromatic heterocycles. The van der Waals surface area contributed by atoms with Crippen LogP contribution < -0.4 is 0 Å². The number of rotatable bonds is 6. The predicted octanol–water partition coefficient (Wildman–Crippen LogP) is 3.12. The molecule has 0 bridgehead atoms. The van der Waals surface area contributed by atoms with E-state index < -0.39 is 16.4 Å². The lowest BCUT2D eigenvalue weighted by molar-refractivity contribution is -0.387. The summed E-state index contributed by atoms with van der Waals surface area (Å²) >= 11 is 0. The second-order valence-corrected chi connectivity index (χ2v) is 5.38. The fourth-order valence-electron chi connectivity index (χ4n) is 2.65. The average Bonchev–Trinajstić information content (AvgIpc) is 2.47. The summed E-state index contributed by atoms with van der Waals surface area (Å²) in [5.74, 6) is -0.723. The van der Waals surface area contributed by atoms with Gasteiger partial charge < -0.3 is 4.74 Å². The van der Waals surface area contributed by atoms with Gasteiger partial charge in [-0.1, -0.05) is 19.1 Å². The molecule has 5 nitrogen and oxygen atoms in total. The molecule has 6 heteroatoms. The van der Waals surface area contributed by atoms with Crippen LogP contribution in [0, 0.1) is 15.9 Å². The normalized spacial score (nSPS) is 19.6. The predicted molar refractivity (Wildman–Crippen MR) is 77.6 cm³/mol. The van der Waals surface area contributed by atoms with Crippen molar-refractivity contribution in [2.24, 2.45) is 0 Å². The van der Waals surface area contributed by atoms with Crippen LogP contribution in [0.25, 0.3) is 0 Å². The van der Waals surface area contributed by atoms with Crippen LogP contribution in [0.4, 0.5) is 10.1 Å². The molecular formula is C15H21FN2O3. The molecule has 1 aliphatic rings. The van der Waals surface area contributed by atoms with E-state index in [2.05, 4.69) is 11.8 Å². The lowest BCUT2D eigenvalue weighted by atomic mass is 10.1. The number of hydrogen-bond donors (Lipinski definition) is 0. The maximum absolute atomic E-state index is 14.1. The minimum atomic E-state index is -0.723. The average molecular weight is 296 g/mol. The Morgan fingerprint density at radius 1 is 1.52 bits per heavy atom. The van der Waals surface area contributed by atoms with Gasteiger partial charge in [-0.15, -0.1) is 0 Å². The van der Waals surface area contributed by atoms with Crippen molar-refractivity contribution in [3.63, 3.8) is 0 Å². The van der Waals surface area contributed by atoms with Crippen LogP contribution in [0.5, 0.6) is 0 Å². The molecular weight excluding hydrogens is 275 g/mol. The van der Waals surface area contributed by atoms with Crippen LogP contribution in [-0.2, 0) is 11.3 Å². The number of halogens is 1. The lowest BCUT2D eigenvalue weighted by Gasteiger charge is -2.32. The Kier molecular flexibility index (Phi) is 5.64. The van der Waals surface area contributed by atoms with Gasteiger partial charge in [0.15, 0.2) is 0 Å². The Morgan fingerprint density at radius 3 is 3.05 bits per heavy atom. The van der Waals surface area contributed by atoms with Crippen molar-refractivity contribution < 1.29 is 14.1 Å². The van der Waals surface area contributed by atoms with E-state index >= 15 is 0 Å². The highest BCUT2D eigenvalue weighted by molar-refractivity contribution is 5.36. The number of nitro benzene ring substituents is 1. The first-order valence-electron chi connectivity index (χ1n) is 7.37. The van der Waals surface area contributed by atoms with Gasteiger partial charge in [-0.2, -0.15) is 4.39 Å². The molecule has 1 aromatic rings. The molecule has 1 unspecified atom stereocenters. The van der Waals surface area contributed by atoms with Gasteiger partial charge >= 0.3 is 5.69 Å². The third kappa shape index (κ3) is 4.22. The Hall–Kier alpha value is -1.53. The van der Waals surface area contributed by atoms with Gasteiger partial charge in [0.2, 0.25) is 5.82 Å². The first-order valence-corrected chi connectivity index (χ1v) is 7.37. The lowest BCUT2D eigenvalue weighted by Crippen LogP contribution is -2.39. The Labute approximate surface area is 123 Å². The second kappa shape index (κ2) is 7.47. The molecule has 0 N–H and O–H groups in total. The number of nitro groups is 1. The highest BCUT2D eigenvalue weighted by atomic mass is 19.1. The van der Waals surface area contributed by atoms with Crippen molar-refractivity contribution in [1.82, 2.24) is 4.90 Å². The summed E-state index contributed by atoms with van der Waals surface area (Å²) in [6.45, 7) is 4.82. The number of benzene rings is 1. The topological polar surface area (TPSA) is 55.6 Å². The van der Waals surface area contributed by atoms with Crippen LogP contribution in [-0.4, -0.2) is 35.6 Å². The highest BCUT2D eigenvalue weighted by Gasteiger charge is 2.23. The van der Waals surface area contributed by atoms with E-state index in [1.165, 1.54) is 12.1 Å². The molecule has 116 valence electrons. The summed E-state index contributed by atoms with van der Waals surface area (Å²) in [6, 6.07) is 4.34. The number of likely N-dealkylation sites (tertiary alicyclic amines) is 1. The number of ether oxygens (including phenoxy) is 1. The molecule has 1 fully saturated rings. The number of piperidine rings is 1. The summed E-state index contributed by atoms with van der Waals surface area (Å²) in [4.78, 5) is 12.2. The largest absolute Gasteiger partial charge is 0.377 e. The fraction of sp³-hybridized carbons (Fsp3) is 0.600. The quantitative estimate of drug-likeness (QED) is 0.598. The summed E-state index contributed by atoms with van der Waals surface area (Å²) < 4.78 is 19.8. The van der Waals surface area contributed by atoms with Gasteiger partial charge in [0.1, 0.15) is 0 Å². The van der Waals surface area contributed by atoms with E-state index in [1.54, 1.807) is 6.07 Å². The van der Waals surface area contributed by atoms with Crippen molar-refractivity contribution in [2.75, 3.05) is 19.7 Å². The fourth-order valence-corrected chi connectivity index (χ4v) is 2.65. The molecule has 21 heavy (non-hydrogen) atoms. The highest BCUT2D eigenvalue weighted by Crippen LogP contribution is 2.23. The number of nitrogens with zero attached hydrogens (tertiary/aromatic N) is 2. The van der Waals surface area contributed by atoms with Crippen molar-refractivity contribution in [2.45, 2.75) is 38.8 Å². The Morgan fingerprint density at radius 2 is 2.33 bits per heavy atom. The molecule has 0 spiro atoms. The van der Waals surface area contributed by atoms with Crippen LogP contribution in [0.1, 0.15) is 31.7 Å². The van der Waals surface area contributed by atoms with E-state index in [1.807, 2.05) is 0 Å². The Balaban J connectivity index is 2.01. The van der Waals surface area contributed by atoms with Gasteiger partial charge in [0.05, 0.1) is 11.0 Å². The van der Waals surface area contributed by atoms with Crippen LogP contribution in [0.3, 0.4) is 0 Å². The molecule has 0 saturated carbocycles.